The van der Waals surface area contributed by atoms with Gasteiger partial charge in [0, 0.05) is 31.8 Å². The molecule has 5 nitrogen and oxygen atoms in total. The lowest BCUT2D eigenvalue weighted by atomic mass is 9.85. The van der Waals surface area contributed by atoms with Gasteiger partial charge in [-0.1, -0.05) is 36.4 Å². The average Bonchev–Trinajstić information content (AvgIpc) is 2.67. The summed E-state index contributed by atoms with van der Waals surface area (Å²) in [6, 6.07) is 12.7. The van der Waals surface area contributed by atoms with Crippen LogP contribution in [0.5, 0.6) is 5.88 Å². The number of aliphatic carboxylic acids is 1. The van der Waals surface area contributed by atoms with Crippen LogP contribution in [0, 0.1) is 0 Å². The summed E-state index contributed by atoms with van der Waals surface area (Å²) in [7, 11) is 0. The third kappa shape index (κ3) is 4.30. The molecule has 0 spiro atoms. The monoisotopic (exact) mass is 390 g/mol. The third-order valence-electron chi connectivity index (χ3n) is 5.33. The maximum absolute atomic E-state index is 14.6. The number of likely N-dealkylation sites (tertiary alicyclic amines) is 1. The van der Waals surface area contributed by atoms with E-state index in [0.29, 0.717) is 18.1 Å². The molecule has 1 fully saturated rings. The second-order valence-electron chi connectivity index (χ2n) is 7.58. The number of ether oxygens (including phenoxy) is 1. The minimum atomic E-state index is -2.92. The SMILES string of the molecule is CC(C)(C(=O)O)N1CCC(F)(F)C(c2ccc(OCc3ccccc3)nc2)C1. The number of hydrogen-bond donors (Lipinski definition) is 1. The Balaban J connectivity index is 1.72. The van der Waals surface area contributed by atoms with Gasteiger partial charge in [-0.15, -0.1) is 0 Å². The summed E-state index contributed by atoms with van der Waals surface area (Å²) < 4.78 is 34.7. The van der Waals surface area contributed by atoms with E-state index >= 15 is 0 Å². The number of carboxylic acid groups (broad SMARTS) is 1. The van der Waals surface area contributed by atoms with Gasteiger partial charge in [0.05, 0.1) is 5.92 Å². The van der Waals surface area contributed by atoms with Gasteiger partial charge in [0.1, 0.15) is 12.1 Å². The highest BCUT2D eigenvalue weighted by molar-refractivity contribution is 5.77. The Labute approximate surface area is 163 Å². The number of nitrogens with zero attached hydrogens (tertiary/aromatic N) is 2. The average molecular weight is 390 g/mol. The Kier molecular flexibility index (Phi) is 5.65. The summed E-state index contributed by atoms with van der Waals surface area (Å²) in [5.74, 6) is -4.71. The minimum Gasteiger partial charge on any atom is -0.480 e. The number of hydrogen-bond acceptors (Lipinski definition) is 4. The van der Waals surface area contributed by atoms with Gasteiger partial charge in [-0.25, -0.2) is 13.8 Å². The van der Waals surface area contributed by atoms with Crippen molar-refractivity contribution in [2.24, 2.45) is 0 Å². The molecule has 0 radical (unpaired) electrons. The zero-order chi connectivity index (χ0) is 20.4. The van der Waals surface area contributed by atoms with Gasteiger partial charge in [0.2, 0.25) is 5.88 Å². The van der Waals surface area contributed by atoms with Crippen LogP contribution in [-0.2, 0) is 11.4 Å². The molecule has 1 aromatic carbocycles. The van der Waals surface area contributed by atoms with E-state index in [-0.39, 0.29) is 19.5 Å². The van der Waals surface area contributed by atoms with Crippen molar-refractivity contribution in [3.05, 3.63) is 59.8 Å². The fourth-order valence-electron chi connectivity index (χ4n) is 3.31. The smallest absolute Gasteiger partial charge is 0.323 e. The van der Waals surface area contributed by atoms with Gasteiger partial charge in [-0.2, -0.15) is 0 Å². The Morgan fingerprint density at radius 2 is 2.00 bits per heavy atom. The fourth-order valence-corrected chi connectivity index (χ4v) is 3.31. The predicted molar refractivity (Wildman–Crippen MR) is 101 cm³/mol. The van der Waals surface area contributed by atoms with Crippen molar-refractivity contribution in [2.75, 3.05) is 13.1 Å². The summed E-state index contributed by atoms with van der Waals surface area (Å²) in [6.45, 7) is 3.41. The third-order valence-corrected chi connectivity index (χ3v) is 5.33. The standard InChI is InChI=1S/C21H24F2N2O3/c1-20(2,19(26)27)25-11-10-21(22,23)17(13-25)16-8-9-18(24-12-16)28-14-15-6-4-3-5-7-15/h3-9,12,17H,10-11,13-14H2,1-2H3,(H,26,27). The number of aromatic nitrogens is 1. The number of rotatable bonds is 6. The van der Waals surface area contributed by atoms with Crippen LogP contribution in [-0.4, -0.2) is 45.5 Å². The fraction of sp³-hybridized carbons (Fsp3) is 0.429. The molecule has 2 heterocycles. The van der Waals surface area contributed by atoms with Gasteiger partial charge in [0.25, 0.3) is 5.92 Å². The molecule has 0 saturated carbocycles. The normalized spacial score (nSPS) is 19.9. The zero-order valence-corrected chi connectivity index (χ0v) is 15.9. The van der Waals surface area contributed by atoms with Crippen LogP contribution < -0.4 is 4.74 Å². The van der Waals surface area contributed by atoms with Gasteiger partial charge < -0.3 is 9.84 Å². The van der Waals surface area contributed by atoms with Crippen molar-refractivity contribution in [2.45, 2.75) is 44.3 Å². The number of piperidine rings is 1. The molecule has 28 heavy (non-hydrogen) atoms. The molecule has 1 aromatic heterocycles. The lowest BCUT2D eigenvalue weighted by Gasteiger charge is -2.44. The summed E-state index contributed by atoms with van der Waals surface area (Å²) in [5, 5.41) is 9.41. The molecule has 0 amide bonds. The maximum atomic E-state index is 14.6. The van der Waals surface area contributed by atoms with Crippen LogP contribution in [0.25, 0.3) is 0 Å². The van der Waals surface area contributed by atoms with Gasteiger partial charge >= 0.3 is 5.97 Å². The Morgan fingerprint density at radius 3 is 2.61 bits per heavy atom. The molecule has 0 aliphatic carbocycles. The molecule has 150 valence electrons. The number of alkyl halides is 2. The van der Waals surface area contributed by atoms with Gasteiger partial charge in [-0.3, -0.25) is 9.69 Å². The van der Waals surface area contributed by atoms with Crippen LogP contribution in [0.3, 0.4) is 0 Å². The summed E-state index contributed by atoms with van der Waals surface area (Å²) in [4.78, 5) is 17.3. The zero-order valence-electron chi connectivity index (χ0n) is 15.9. The highest BCUT2D eigenvalue weighted by atomic mass is 19.3. The Morgan fingerprint density at radius 1 is 1.29 bits per heavy atom. The second-order valence-corrected chi connectivity index (χ2v) is 7.58. The first-order chi connectivity index (χ1) is 13.2. The summed E-state index contributed by atoms with van der Waals surface area (Å²) >= 11 is 0. The van der Waals surface area contributed by atoms with Gasteiger partial charge in [-0.05, 0) is 25.0 Å². The van der Waals surface area contributed by atoms with E-state index in [4.69, 9.17) is 4.74 Å². The topological polar surface area (TPSA) is 62.7 Å². The highest BCUT2D eigenvalue weighted by Crippen LogP contribution is 2.42. The van der Waals surface area contributed by atoms with Crippen molar-refractivity contribution in [3.63, 3.8) is 0 Å². The number of halogens is 2. The lowest BCUT2D eigenvalue weighted by Crippen LogP contribution is -2.57. The van der Waals surface area contributed by atoms with Crippen LogP contribution in [0.1, 0.15) is 37.3 Å². The lowest BCUT2D eigenvalue weighted by molar-refractivity contribution is -0.155. The van der Waals surface area contributed by atoms with Gasteiger partial charge in [0.15, 0.2) is 0 Å². The summed E-state index contributed by atoms with van der Waals surface area (Å²) in [5.41, 5.74) is 0.155. The molecule has 1 N–H and O–H groups in total. The van der Waals surface area contributed by atoms with E-state index < -0.39 is 23.3 Å². The quantitative estimate of drug-likeness (QED) is 0.809. The minimum absolute atomic E-state index is 0.0362. The van der Waals surface area contributed by atoms with Crippen molar-refractivity contribution < 1.29 is 23.4 Å². The molecule has 7 heteroatoms. The molecule has 2 aromatic rings. The van der Waals surface area contributed by atoms with E-state index in [9.17, 15) is 18.7 Å². The molecule has 1 atom stereocenters. The number of carboxylic acids is 1. The van der Waals surface area contributed by atoms with Crippen LogP contribution >= 0.6 is 0 Å². The molecule has 1 aliphatic rings. The first-order valence-corrected chi connectivity index (χ1v) is 9.19. The number of benzene rings is 1. The molecule has 3 rings (SSSR count). The molecule has 1 unspecified atom stereocenters. The van der Waals surface area contributed by atoms with E-state index in [2.05, 4.69) is 4.98 Å². The van der Waals surface area contributed by atoms with Crippen molar-refractivity contribution >= 4 is 5.97 Å². The second kappa shape index (κ2) is 7.83. The van der Waals surface area contributed by atoms with Crippen LogP contribution in [0.15, 0.2) is 48.7 Å². The first-order valence-electron chi connectivity index (χ1n) is 9.19. The summed E-state index contributed by atoms with van der Waals surface area (Å²) in [6.07, 6.45) is 1.01. The molecular weight excluding hydrogens is 366 g/mol. The number of pyridine rings is 1. The largest absolute Gasteiger partial charge is 0.480 e. The molecule has 0 bridgehead atoms. The van der Waals surface area contributed by atoms with E-state index in [0.717, 1.165) is 5.56 Å². The molecular formula is C21H24F2N2O3. The van der Waals surface area contributed by atoms with Crippen molar-refractivity contribution in [1.82, 2.24) is 9.88 Å². The van der Waals surface area contributed by atoms with Crippen molar-refractivity contribution in [3.8, 4) is 5.88 Å². The first kappa shape index (κ1) is 20.2. The predicted octanol–water partition coefficient (Wildman–Crippen LogP) is 3.95. The van der Waals surface area contributed by atoms with E-state index in [1.165, 1.54) is 20.0 Å². The Bertz CT molecular complexity index is 810. The molecule has 1 aliphatic heterocycles. The number of carbonyl (C=O) groups is 1. The van der Waals surface area contributed by atoms with Crippen LogP contribution in [0.2, 0.25) is 0 Å². The van der Waals surface area contributed by atoms with Crippen molar-refractivity contribution in [1.29, 1.82) is 0 Å². The van der Waals surface area contributed by atoms with E-state index in [1.54, 1.807) is 17.0 Å². The molecule has 1 saturated heterocycles. The highest BCUT2D eigenvalue weighted by Gasteiger charge is 2.49. The van der Waals surface area contributed by atoms with Crippen LogP contribution in [0.4, 0.5) is 8.78 Å². The maximum Gasteiger partial charge on any atom is 0.323 e. The van der Waals surface area contributed by atoms with E-state index in [1.807, 2.05) is 30.3 Å². The Hall–Kier alpha value is -2.54.